The molecule has 1 atom stereocenters. The molecule has 0 aliphatic rings. The van der Waals surface area contributed by atoms with Gasteiger partial charge >= 0.3 is 6.00 Å². The number of non-ortho nitro benzene ring substituents is 1. The average Bonchev–Trinajstić information content (AvgIpc) is 2.27. The van der Waals surface area contributed by atoms with E-state index in [9.17, 15) is 19.8 Å². The van der Waals surface area contributed by atoms with Crippen molar-refractivity contribution < 1.29 is 19.7 Å². The molecular formula is C9H11Cl2N2O5P. The fourth-order valence-electron chi connectivity index (χ4n) is 1.50. The van der Waals surface area contributed by atoms with Crippen LogP contribution in [0.5, 0.6) is 0 Å². The van der Waals surface area contributed by atoms with Gasteiger partial charge in [-0.2, -0.15) is 0 Å². The molecule has 0 radical (unpaired) electrons. The number of nitrogens with zero attached hydrogens (tertiary/aromatic N) is 1. The normalized spacial score (nSPS) is 14.9. The third kappa shape index (κ3) is 4.72. The Labute approximate surface area is 118 Å². The Morgan fingerprint density at radius 3 is 2.26 bits per heavy atom. The zero-order valence-corrected chi connectivity index (χ0v) is 11.9. The van der Waals surface area contributed by atoms with Gasteiger partial charge in [0.2, 0.25) is 0 Å². The third-order valence-corrected chi connectivity index (χ3v) is 3.48. The molecule has 0 saturated heterocycles. The van der Waals surface area contributed by atoms with Gasteiger partial charge in [0.15, 0.2) is 5.72 Å². The number of rotatable bonds is 6. The van der Waals surface area contributed by atoms with Crippen molar-refractivity contribution in [1.29, 1.82) is 0 Å². The molecule has 0 aromatic heterocycles. The van der Waals surface area contributed by atoms with Crippen LogP contribution in [0.15, 0.2) is 24.3 Å². The second-order valence-corrected chi connectivity index (χ2v) is 8.24. The standard InChI is InChI=1S/C9H11Cl2N2O5P/c10-19(11,18)12-9(15,5-6-14)7-1-3-8(4-2-7)13(16)17/h1-4,14-15H,5-6H2,(H,12,18). The molecule has 19 heavy (non-hydrogen) atoms. The molecular weight excluding hydrogens is 318 g/mol. The first kappa shape index (κ1) is 16.4. The first-order valence-electron chi connectivity index (χ1n) is 5.05. The molecule has 0 bridgehead atoms. The summed E-state index contributed by atoms with van der Waals surface area (Å²) in [6, 6.07) is 4.83. The van der Waals surface area contributed by atoms with Crippen LogP contribution in [0.1, 0.15) is 12.0 Å². The highest BCUT2D eigenvalue weighted by atomic mass is 35.9. The number of nitro benzene ring substituents is 1. The van der Waals surface area contributed by atoms with E-state index in [1.165, 1.54) is 12.1 Å². The number of aliphatic hydroxyl groups excluding tert-OH is 1. The fourth-order valence-corrected chi connectivity index (χ4v) is 3.01. The Kier molecular flexibility index (Phi) is 5.32. The average molecular weight is 329 g/mol. The van der Waals surface area contributed by atoms with Crippen molar-refractivity contribution in [1.82, 2.24) is 5.09 Å². The Morgan fingerprint density at radius 2 is 1.89 bits per heavy atom. The van der Waals surface area contributed by atoms with E-state index in [1.54, 1.807) is 0 Å². The smallest absolute Gasteiger partial charge is 0.322 e. The third-order valence-electron chi connectivity index (χ3n) is 2.34. The molecule has 10 heteroatoms. The zero-order valence-electron chi connectivity index (χ0n) is 9.49. The van der Waals surface area contributed by atoms with Crippen LogP contribution >= 0.6 is 28.5 Å². The number of nitrogens with one attached hydrogen (secondary N) is 1. The van der Waals surface area contributed by atoms with Crippen LogP contribution in [0.2, 0.25) is 0 Å². The van der Waals surface area contributed by atoms with Crippen LogP contribution in [0.4, 0.5) is 5.69 Å². The summed E-state index contributed by atoms with van der Waals surface area (Å²) in [5.74, 6) is -3.81. The quantitative estimate of drug-likeness (QED) is 0.319. The van der Waals surface area contributed by atoms with Gasteiger partial charge in [-0.15, -0.1) is 0 Å². The van der Waals surface area contributed by atoms with E-state index in [4.69, 9.17) is 27.6 Å². The summed E-state index contributed by atoms with van der Waals surface area (Å²) in [7, 11) is 0. The van der Waals surface area contributed by atoms with Gasteiger partial charge < -0.3 is 10.2 Å². The summed E-state index contributed by atoms with van der Waals surface area (Å²) < 4.78 is 11.3. The van der Waals surface area contributed by atoms with E-state index in [0.29, 0.717) is 0 Å². The van der Waals surface area contributed by atoms with Crippen molar-refractivity contribution in [2.24, 2.45) is 0 Å². The van der Waals surface area contributed by atoms with Gasteiger partial charge in [-0.3, -0.25) is 14.7 Å². The van der Waals surface area contributed by atoms with Crippen LogP contribution < -0.4 is 5.09 Å². The highest BCUT2D eigenvalue weighted by molar-refractivity contribution is 8.07. The number of halogens is 2. The molecule has 0 spiro atoms. The van der Waals surface area contributed by atoms with Gasteiger partial charge in [0, 0.05) is 25.2 Å². The predicted octanol–water partition coefficient (Wildman–Crippen LogP) is 2.30. The van der Waals surface area contributed by atoms with Crippen molar-refractivity contribution in [2.45, 2.75) is 12.1 Å². The van der Waals surface area contributed by atoms with Crippen LogP contribution in [0, 0.1) is 10.1 Å². The molecule has 106 valence electrons. The Morgan fingerprint density at radius 1 is 1.37 bits per heavy atom. The minimum atomic E-state index is -3.81. The number of benzene rings is 1. The Bertz CT molecular complexity index is 506. The van der Waals surface area contributed by atoms with Crippen LogP contribution in [-0.2, 0) is 10.3 Å². The van der Waals surface area contributed by atoms with Crippen molar-refractivity contribution in [3.8, 4) is 0 Å². The van der Waals surface area contributed by atoms with Gasteiger partial charge in [0.05, 0.1) is 4.92 Å². The summed E-state index contributed by atoms with van der Waals surface area (Å²) in [5.41, 5.74) is -1.97. The van der Waals surface area contributed by atoms with E-state index in [-0.39, 0.29) is 17.7 Å². The van der Waals surface area contributed by atoms with E-state index in [0.717, 1.165) is 12.1 Å². The largest absolute Gasteiger partial charge is 0.396 e. The van der Waals surface area contributed by atoms with Crippen molar-refractivity contribution >= 4 is 34.2 Å². The van der Waals surface area contributed by atoms with Gasteiger partial charge in [-0.1, -0.05) is 0 Å². The predicted molar refractivity (Wildman–Crippen MR) is 71.1 cm³/mol. The minimum Gasteiger partial charge on any atom is -0.396 e. The SMILES string of the molecule is O=[N+]([O-])c1ccc(C(O)(CCO)NP(=O)(Cl)Cl)cc1. The first-order chi connectivity index (χ1) is 8.68. The maximum absolute atomic E-state index is 11.3. The molecule has 0 amide bonds. The lowest BCUT2D eigenvalue weighted by molar-refractivity contribution is -0.384. The number of hydrogen-bond donors (Lipinski definition) is 3. The highest BCUT2D eigenvalue weighted by Crippen LogP contribution is 2.55. The maximum atomic E-state index is 11.3. The molecule has 1 aromatic carbocycles. The number of nitro groups is 1. The van der Waals surface area contributed by atoms with Crippen molar-refractivity contribution in [2.75, 3.05) is 6.61 Å². The van der Waals surface area contributed by atoms with Crippen molar-refractivity contribution in [3.05, 3.63) is 39.9 Å². The van der Waals surface area contributed by atoms with E-state index in [1.807, 2.05) is 0 Å². The maximum Gasteiger partial charge on any atom is 0.322 e. The molecule has 0 fully saturated rings. The fraction of sp³-hybridized carbons (Fsp3) is 0.333. The summed E-state index contributed by atoms with van der Waals surface area (Å²) in [5, 5.41) is 31.8. The molecule has 0 heterocycles. The van der Waals surface area contributed by atoms with Gasteiger partial charge in [-0.25, -0.2) is 5.09 Å². The molecule has 3 N–H and O–H groups in total. The van der Waals surface area contributed by atoms with Gasteiger partial charge in [0.25, 0.3) is 5.69 Å². The second kappa shape index (κ2) is 6.17. The molecule has 0 aliphatic heterocycles. The minimum absolute atomic E-state index is 0.147. The molecule has 1 unspecified atom stereocenters. The lowest BCUT2D eigenvalue weighted by atomic mass is 10.0. The Balaban J connectivity index is 3.11. The lowest BCUT2D eigenvalue weighted by Gasteiger charge is -2.29. The monoisotopic (exact) mass is 328 g/mol. The topological polar surface area (TPSA) is 113 Å². The lowest BCUT2D eigenvalue weighted by Crippen LogP contribution is -2.39. The highest BCUT2D eigenvalue weighted by Gasteiger charge is 2.35. The van der Waals surface area contributed by atoms with Crippen LogP contribution in [0.3, 0.4) is 0 Å². The van der Waals surface area contributed by atoms with Crippen molar-refractivity contribution in [3.63, 3.8) is 0 Å². The zero-order chi connectivity index (χ0) is 14.7. The molecule has 1 rings (SSSR count). The summed E-state index contributed by atoms with van der Waals surface area (Å²) in [4.78, 5) is 9.92. The second-order valence-electron chi connectivity index (χ2n) is 3.71. The van der Waals surface area contributed by atoms with Crippen LogP contribution in [-0.4, -0.2) is 21.7 Å². The summed E-state index contributed by atoms with van der Waals surface area (Å²) in [6.07, 6.45) is -0.242. The van der Waals surface area contributed by atoms with E-state index >= 15 is 0 Å². The van der Waals surface area contributed by atoms with E-state index < -0.39 is 23.3 Å². The summed E-state index contributed by atoms with van der Waals surface area (Å²) >= 11 is 10.7. The molecule has 0 saturated carbocycles. The number of aliphatic hydroxyl groups is 2. The number of hydrogen-bond acceptors (Lipinski definition) is 5. The molecule has 0 aliphatic carbocycles. The summed E-state index contributed by atoms with van der Waals surface area (Å²) in [6.45, 7) is -0.436. The molecule has 1 aromatic rings. The van der Waals surface area contributed by atoms with E-state index in [2.05, 4.69) is 5.09 Å². The first-order valence-corrected chi connectivity index (χ1v) is 8.56. The van der Waals surface area contributed by atoms with Gasteiger partial charge in [0.1, 0.15) is 0 Å². The Hall–Kier alpha value is -0.690. The molecule has 7 nitrogen and oxygen atoms in total. The van der Waals surface area contributed by atoms with Gasteiger partial charge in [-0.05, 0) is 40.2 Å². The van der Waals surface area contributed by atoms with Crippen LogP contribution in [0.25, 0.3) is 0 Å².